The largest absolute Gasteiger partial charge is 0.590 e. The van der Waals surface area contributed by atoms with Crippen LogP contribution in [0.3, 0.4) is 0 Å². The SMILES string of the molecule is CCCCCCCCCCCCc1ccc(OC(CCCC)OC2=C3COP(=O)(O3)O2)cc1. The molecule has 33 heavy (non-hydrogen) atoms. The lowest BCUT2D eigenvalue weighted by atomic mass is 10.0. The van der Waals surface area contributed by atoms with Gasteiger partial charge in [0, 0.05) is 6.42 Å². The van der Waals surface area contributed by atoms with Crippen molar-refractivity contribution >= 4 is 7.82 Å². The fourth-order valence-electron chi connectivity index (χ4n) is 4.04. The Balaban J connectivity index is 1.35. The number of phosphoric acid groups is 1. The van der Waals surface area contributed by atoms with Crippen LogP contribution in [0.5, 0.6) is 5.75 Å². The Morgan fingerprint density at radius 3 is 2.03 bits per heavy atom. The summed E-state index contributed by atoms with van der Waals surface area (Å²) in [6, 6.07) is 8.25. The topological polar surface area (TPSA) is 63.2 Å². The van der Waals surface area contributed by atoms with Crippen molar-refractivity contribution in [3.63, 3.8) is 0 Å². The van der Waals surface area contributed by atoms with Gasteiger partial charge in [-0.2, -0.15) is 0 Å². The number of ether oxygens (including phenoxy) is 2. The molecule has 0 N–H and O–H groups in total. The van der Waals surface area contributed by atoms with Gasteiger partial charge in [0.05, 0.1) is 0 Å². The molecule has 2 unspecified atom stereocenters. The summed E-state index contributed by atoms with van der Waals surface area (Å²) in [5.74, 6) is 1.22. The van der Waals surface area contributed by atoms with E-state index in [0.29, 0.717) is 12.2 Å². The monoisotopic (exact) mass is 480 g/mol. The molecule has 0 aliphatic carbocycles. The van der Waals surface area contributed by atoms with Crippen LogP contribution in [0.25, 0.3) is 0 Å². The minimum absolute atomic E-state index is 0.112. The standard InChI is InChI=1S/C26H41O6P/c1-3-5-7-8-9-10-11-12-13-14-15-22-17-19-23(20-18-22)29-25(16-6-4-2)30-26-24-21-28-33(27,31-24)32-26/h17-20,25H,3-16,21H2,1-2H3. The Hall–Kier alpha value is -1.65. The van der Waals surface area contributed by atoms with Crippen LogP contribution < -0.4 is 4.74 Å². The molecule has 0 saturated carbocycles. The van der Waals surface area contributed by atoms with Crippen LogP contribution in [-0.4, -0.2) is 12.9 Å². The van der Waals surface area contributed by atoms with E-state index in [1.807, 2.05) is 12.1 Å². The number of hydrogen-bond donors (Lipinski definition) is 0. The van der Waals surface area contributed by atoms with Crippen LogP contribution in [0.15, 0.2) is 36.0 Å². The summed E-state index contributed by atoms with van der Waals surface area (Å²) in [6.07, 6.45) is 16.8. The molecule has 3 rings (SSSR count). The van der Waals surface area contributed by atoms with Crippen molar-refractivity contribution in [1.82, 2.24) is 0 Å². The molecule has 186 valence electrons. The number of aryl methyl sites for hydroxylation is 1. The van der Waals surface area contributed by atoms with E-state index in [2.05, 4.69) is 26.0 Å². The number of fused-ring (bicyclic) bond motifs is 2. The van der Waals surface area contributed by atoms with E-state index in [1.54, 1.807) is 0 Å². The number of phosphoric ester groups is 1. The summed E-state index contributed by atoms with van der Waals surface area (Å²) >= 11 is 0. The first kappa shape index (κ1) is 26.0. The van der Waals surface area contributed by atoms with E-state index in [1.165, 1.54) is 69.8 Å². The third-order valence-electron chi connectivity index (χ3n) is 6.04. The van der Waals surface area contributed by atoms with Gasteiger partial charge in [-0.15, -0.1) is 0 Å². The van der Waals surface area contributed by atoms with Gasteiger partial charge in [0.1, 0.15) is 12.4 Å². The van der Waals surface area contributed by atoms with Crippen molar-refractivity contribution in [3.05, 3.63) is 41.5 Å². The van der Waals surface area contributed by atoms with Crippen molar-refractivity contribution in [2.24, 2.45) is 0 Å². The minimum Gasteiger partial charge on any atom is -0.455 e. The summed E-state index contributed by atoms with van der Waals surface area (Å²) in [6.45, 7) is 4.50. The van der Waals surface area contributed by atoms with Gasteiger partial charge in [0.15, 0.2) is 0 Å². The van der Waals surface area contributed by atoms with Crippen molar-refractivity contribution < 1.29 is 27.6 Å². The van der Waals surface area contributed by atoms with Crippen molar-refractivity contribution in [2.45, 2.75) is 110 Å². The average Bonchev–Trinajstić information content (AvgIpc) is 3.35. The lowest BCUT2D eigenvalue weighted by Crippen LogP contribution is -2.21. The number of rotatable bonds is 18. The number of unbranched alkanes of at least 4 members (excludes halogenated alkanes) is 10. The average molecular weight is 481 g/mol. The van der Waals surface area contributed by atoms with Crippen LogP contribution in [0, 0.1) is 0 Å². The van der Waals surface area contributed by atoms with E-state index in [4.69, 9.17) is 23.0 Å². The van der Waals surface area contributed by atoms with Gasteiger partial charge in [-0.05, 0) is 37.0 Å². The molecule has 0 amide bonds. The van der Waals surface area contributed by atoms with E-state index in [-0.39, 0.29) is 12.6 Å². The van der Waals surface area contributed by atoms with Crippen LogP contribution in [-0.2, 0) is 29.3 Å². The van der Waals surface area contributed by atoms with Crippen LogP contribution in [0.1, 0.15) is 103 Å². The van der Waals surface area contributed by atoms with E-state index >= 15 is 0 Å². The predicted molar refractivity (Wildman–Crippen MR) is 130 cm³/mol. The van der Waals surface area contributed by atoms with Crippen molar-refractivity contribution in [2.75, 3.05) is 6.61 Å². The van der Waals surface area contributed by atoms with Crippen LogP contribution in [0.2, 0.25) is 0 Å². The third kappa shape index (κ3) is 8.90. The van der Waals surface area contributed by atoms with Gasteiger partial charge in [-0.3, -0.25) is 4.52 Å². The Labute approximate surface area is 199 Å². The first-order valence-electron chi connectivity index (χ1n) is 12.9. The summed E-state index contributed by atoms with van der Waals surface area (Å²) in [5, 5.41) is 0. The van der Waals surface area contributed by atoms with Crippen molar-refractivity contribution in [1.29, 1.82) is 0 Å². The molecule has 6 nitrogen and oxygen atoms in total. The van der Waals surface area contributed by atoms with Gasteiger partial charge in [-0.1, -0.05) is 90.2 Å². The Bertz CT molecular complexity index is 775. The highest BCUT2D eigenvalue weighted by Gasteiger charge is 2.49. The molecular formula is C26H41O6P. The van der Waals surface area contributed by atoms with Gasteiger partial charge >= 0.3 is 13.8 Å². The summed E-state index contributed by atoms with van der Waals surface area (Å²) in [5.41, 5.74) is 1.33. The summed E-state index contributed by atoms with van der Waals surface area (Å²) in [7, 11) is -3.49. The quantitative estimate of drug-likeness (QED) is 0.119. The molecule has 1 aromatic rings. The molecule has 2 bridgehead atoms. The molecule has 1 saturated heterocycles. The van der Waals surface area contributed by atoms with Crippen LogP contribution in [0.4, 0.5) is 0 Å². The normalized spacial score (nSPS) is 19.9. The Kier molecular flexibility index (Phi) is 10.9. The maximum absolute atomic E-state index is 12.0. The van der Waals surface area contributed by atoms with Crippen molar-refractivity contribution in [3.8, 4) is 5.75 Å². The summed E-state index contributed by atoms with van der Waals surface area (Å²) < 4.78 is 39.2. The highest BCUT2D eigenvalue weighted by molar-refractivity contribution is 7.49. The Morgan fingerprint density at radius 1 is 0.818 bits per heavy atom. The zero-order valence-corrected chi connectivity index (χ0v) is 21.3. The lowest BCUT2D eigenvalue weighted by molar-refractivity contribution is -0.0859. The molecular weight excluding hydrogens is 439 g/mol. The van der Waals surface area contributed by atoms with E-state index in [0.717, 1.165) is 25.0 Å². The molecule has 7 heteroatoms. The molecule has 2 heterocycles. The highest BCUT2D eigenvalue weighted by atomic mass is 31.2. The second-order valence-corrected chi connectivity index (χ2v) is 10.5. The number of hydrogen-bond acceptors (Lipinski definition) is 6. The molecule has 2 atom stereocenters. The molecule has 2 aliphatic rings. The fourth-order valence-corrected chi connectivity index (χ4v) is 5.20. The maximum Gasteiger partial charge on any atom is 0.590 e. The predicted octanol–water partition coefficient (Wildman–Crippen LogP) is 8.42. The second kappa shape index (κ2) is 13.9. The molecule has 1 aromatic carbocycles. The Morgan fingerprint density at radius 2 is 1.45 bits per heavy atom. The van der Waals surface area contributed by atoms with E-state index < -0.39 is 14.1 Å². The molecule has 0 spiro atoms. The zero-order valence-electron chi connectivity index (χ0n) is 20.4. The minimum atomic E-state index is -3.49. The van der Waals surface area contributed by atoms with Crippen LogP contribution >= 0.6 is 7.82 Å². The first-order valence-corrected chi connectivity index (χ1v) is 14.4. The molecule has 0 radical (unpaired) electrons. The van der Waals surface area contributed by atoms with Gasteiger partial charge < -0.3 is 18.5 Å². The number of benzene rings is 1. The maximum atomic E-state index is 12.0. The third-order valence-corrected chi connectivity index (χ3v) is 7.32. The molecule has 2 aliphatic heterocycles. The lowest BCUT2D eigenvalue weighted by Gasteiger charge is -2.21. The molecule has 1 fully saturated rings. The van der Waals surface area contributed by atoms with Gasteiger partial charge in [0.2, 0.25) is 12.0 Å². The van der Waals surface area contributed by atoms with Gasteiger partial charge in [0.25, 0.3) is 0 Å². The molecule has 0 aromatic heterocycles. The summed E-state index contributed by atoms with van der Waals surface area (Å²) in [4.78, 5) is 0. The van der Waals surface area contributed by atoms with E-state index in [9.17, 15) is 4.57 Å². The highest BCUT2D eigenvalue weighted by Crippen LogP contribution is 2.63. The smallest absolute Gasteiger partial charge is 0.455 e. The first-order chi connectivity index (χ1) is 16.1. The van der Waals surface area contributed by atoms with Gasteiger partial charge in [-0.25, -0.2) is 4.57 Å². The fraction of sp³-hybridized carbons (Fsp3) is 0.692. The second-order valence-electron chi connectivity index (χ2n) is 9.00. The zero-order chi connectivity index (χ0) is 23.4.